The van der Waals surface area contributed by atoms with E-state index >= 15 is 0 Å². The molecule has 0 radical (unpaired) electrons. The van der Waals surface area contributed by atoms with E-state index in [0.717, 1.165) is 26.2 Å². The predicted molar refractivity (Wildman–Crippen MR) is 94.7 cm³/mol. The number of aliphatic hydroxyl groups is 1. The average molecular weight is 388 g/mol. The van der Waals surface area contributed by atoms with Gasteiger partial charge in [-0.1, -0.05) is 0 Å². The molecular weight excluding hydrogens is 358 g/mol. The Balaban J connectivity index is 1.50. The maximum atomic E-state index is 12.6. The molecule has 1 atom stereocenters. The number of nitrogens with zero attached hydrogens (tertiary/aromatic N) is 1. The van der Waals surface area contributed by atoms with Crippen LogP contribution in [0.3, 0.4) is 0 Å². The van der Waals surface area contributed by atoms with Crippen molar-refractivity contribution in [3.8, 4) is 5.75 Å². The number of benzene rings is 1. The number of nitrogens with one attached hydrogen (secondary N) is 1. The normalized spacial score (nSPS) is 21.4. The Morgan fingerprint density at radius 1 is 1.19 bits per heavy atom. The SMILES string of the molecule is O=S(=O)(c1ccc(OC[C@H](O)C[NH+]2CC[NH2+]CC2)cc1)N1CCOCC1. The van der Waals surface area contributed by atoms with E-state index in [1.165, 1.54) is 9.21 Å². The van der Waals surface area contributed by atoms with E-state index < -0.39 is 16.1 Å². The molecule has 0 aromatic heterocycles. The molecule has 2 heterocycles. The highest BCUT2D eigenvalue weighted by molar-refractivity contribution is 7.89. The molecule has 1 aromatic rings. The zero-order valence-corrected chi connectivity index (χ0v) is 15.8. The first-order valence-electron chi connectivity index (χ1n) is 9.20. The maximum Gasteiger partial charge on any atom is 0.243 e. The van der Waals surface area contributed by atoms with Gasteiger partial charge in [-0.2, -0.15) is 4.31 Å². The second kappa shape index (κ2) is 9.12. The van der Waals surface area contributed by atoms with Crippen molar-refractivity contribution in [1.29, 1.82) is 0 Å². The molecule has 4 N–H and O–H groups in total. The first-order chi connectivity index (χ1) is 12.6. The Kier molecular flexibility index (Phi) is 6.85. The van der Waals surface area contributed by atoms with Crippen molar-refractivity contribution in [3.05, 3.63) is 24.3 Å². The summed E-state index contributed by atoms with van der Waals surface area (Å²) in [5.41, 5.74) is 0. The molecule has 0 unspecified atom stereocenters. The van der Waals surface area contributed by atoms with Crippen molar-refractivity contribution >= 4 is 10.0 Å². The summed E-state index contributed by atoms with van der Waals surface area (Å²) in [6.07, 6.45) is -0.528. The quantitative estimate of drug-likeness (QED) is 0.461. The molecular formula is C17H29N3O5S+2. The van der Waals surface area contributed by atoms with Crippen LogP contribution < -0.4 is 15.0 Å². The molecule has 0 spiro atoms. The van der Waals surface area contributed by atoms with Crippen LogP contribution in [-0.4, -0.2) is 89.6 Å². The molecule has 2 fully saturated rings. The van der Waals surface area contributed by atoms with Gasteiger partial charge in [0.05, 0.1) is 18.1 Å². The van der Waals surface area contributed by atoms with E-state index in [2.05, 4.69) is 5.32 Å². The highest BCUT2D eigenvalue weighted by Gasteiger charge is 2.26. The minimum atomic E-state index is -3.49. The van der Waals surface area contributed by atoms with Crippen molar-refractivity contribution in [3.63, 3.8) is 0 Å². The minimum Gasteiger partial charge on any atom is -0.491 e. The molecule has 2 saturated heterocycles. The summed E-state index contributed by atoms with van der Waals surface area (Å²) in [6.45, 7) is 6.82. The lowest BCUT2D eigenvalue weighted by atomic mass is 10.3. The third kappa shape index (κ3) is 5.15. The predicted octanol–water partition coefficient (Wildman–Crippen LogP) is -3.09. The number of morpholine rings is 1. The fourth-order valence-electron chi connectivity index (χ4n) is 3.31. The number of hydrogen-bond acceptors (Lipinski definition) is 5. The third-order valence-corrected chi connectivity index (χ3v) is 6.72. The van der Waals surface area contributed by atoms with Gasteiger partial charge < -0.3 is 24.8 Å². The Morgan fingerprint density at radius 2 is 1.85 bits per heavy atom. The lowest BCUT2D eigenvalue weighted by Crippen LogP contribution is -3.21. The molecule has 8 nitrogen and oxygen atoms in total. The minimum absolute atomic E-state index is 0.211. The molecule has 2 aliphatic heterocycles. The van der Waals surface area contributed by atoms with E-state index in [4.69, 9.17) is 9.47 Å². The van der Waals surface area contributed by atoms with Crippen LogP contribution in [-0.2, 0) is 14.8 Å². The van der Waals surface area contributed by atoms with Crippen LogP contribution in [0.5, 0.6) is 5.75 Å². The van der Waals surface area contributed by atoms with Gasteiger partial charge in [0.1, 0.15) is 51.2 Å². The summed E-state index contributed by atoms with van der Waals surface area (Å²) in [7, 11) is -3.49. The topological polar surface area (TPSA) is 97.1 Å². The van der Waals surface area contributed by atoms with Gasteiger partial charge in [-0.05, 0) is 24.3 Å². The maximum absolute atomic E-state index is 12.6. The van der Waals surface area contributed by atoms with Gasteiger partial charge in [0.25, 0.3) is 0 Å². The van der Waals surface area contributed by atoms with Crippen molar-refractivity contribution in [1.82, 2.24) is 4.31 Å². The Morgan fingerprint density at radius 3 is 2.50 bits per heavy atom. The highest BCUT2D eigenvalue weighted by Crippen LogP contribution is 2.20. The van der Waals surface area contributed by atoms with Gasteiger partial charge in [-0.25, -0.2) is 8.42 Å². The van der Waals surface area contributed by atoms with Gasteiger partial charge in [0.15, 0.2) is 0 Å². The number of nitrogens with two attached hydrogens (primary N) is 1. The Bertz CT molecular complexity index is 655. The zero-order chi connectivity index (χ0) is 18.4. The zero-order valence-electron chi connectivity index (χ0n) is 15.0. The van der Waals surface area contributed by atoms with Crippen molar-refractivity contribution in [2.75, 3.05) is 65.6 Å². The van der Waals surface area contributed by atoms with Gasteiger partial charge in [-0.3, -0.25) is 0 Å². The molecule has 26 heavy (non-hydrogen) atoms. The number of quaternary nitrogens is 2. The van der Waals surface area contributed by atoms with Gasteiger partial charge >= 0.3 is 0 Å². The van der Waals surface area contributed by atoms with Crippen molar-refractivity contribution < 1.29 is 33.2 Å². The molecule has 0 aliphatic carbocycles. The summed E-state index contributed by atoms with van der Waals surface area (Å²) >= 11 is 0. The number of sulfonamides is 1. The van der Waals surface area contributed by atoms with Crippen LogP contribution >= 0.6 is 0 Å². The van der Waals surface area contributed by atoms with E-state index in [0.29, 0.717) is 38.6 Å². The number of ether oxygens (including phenoxy) is 2. The van der Waals surface area contributed by atoms with Crippen LogP contribution in [0.2, 0.25) is 0 Å². The molecule has 0 amide bonds. The molecule has 146 valence electrons. The third-order valence-electron chi connectivity index (χ3n) is 4.80. The fourth-order valence-corrected chi connectivity index (χ4v) is 4.72. The van der Waals surface area contributed by atoms with Gasteiger partial charge in [0, 0.05) is 13.1 Å². The van der Waals surface area contributed by atoms with Crippen LogP contribution in [0.25, 0.3) is 0 Å². The fraction of sp³-hybridized carbons (Fsp3) is 0.647. The monoisotopic (exact) mass is 387 g/mol. The van der Waals surface area contributed by atoms with E-state index in [1.807, 2.05) is 0 Å². The number of piperazine rings is 1. The Labute approximate surface area is 154 Å². The van der Waals surface area contributed by atoms with Crippen molar-refractivity contribution in [2.45, 2.75) is 11.0 Å². The largest absolute Gasteiger partial charge is 0.491 e. The first kappa shape index (κ1) is 19.5. The van der Waals surface area contributed by atoms with Gasteiger partial charge in [0.2, 0.25) is 10.0 Å². The number of hydrogen-bond donors (Lipinski definition) is 3. The molecule has 0 bridgehead atoms. The number of aliphatic hydroxyl groups excluding tert-OH is 1. The molecule has 1 aromatic carbocycles. The second-order valence-corrected chi connectivity index (χ2v) is 8.71. The van der Waals surface area contributed by atoms with Crippen LogP contribution in [0.15, 0.2) is 29.2 Å². The van der Waals surface area contributed by atoms with Crippen LogP contribution in [0.1, 0.15) is 0 Å². The molecule has 3 rings (SSSR count). The summed E-state index contributed by atoms with van der Waals surface area (Å²) in [5, 5.41) is 12.4. The van der Waals surface area contributed by atoms with E-state index in [9.17, 15) is 13.5 Å². The van der Waals surface area contributed by atoms with Crippen LogP contribution in [0, 0.1) is 0 Å². The molecule has 0 saturated carbocycles. The summed E-state index contributed by atoms with van der Waals surface area (Å²) in [5.74, 6) is 0.562. The second-order valence-electron chi connectivity index (χ2n) is 6.77. The summed E-state index contributed by atoms with van der Waals surface area (Å²) < 4.78 is 37.4. The lowest BCUT2D eigenvalue weighted by Gasteiger charge is -2.26. The lowest BCUT2D eigenvalue weighted by molar-refractivity contribution is -0.949. The van der Waals surface area contributed by atoms with Crippen molar-refractivity contribution in [2.24, 2.45) is 0 Å². The van der Waals surface area contributed by atoms with E-state index in [1.54, 1.807) is 24.3 Å². The highest BCUT2D eigenvalue weighted by atomic mass is 32.2. The Hall–Kier alpha value is -1.23. The average Bonchev–Trinajstić information content (AvgIpc) is 2.68. The van der Waals surface area contributed by atoms with Gasteiger partial charge in [-0.15, -0.1) is 0 Å². The van der Waals surface area contributed by atoms with E-state index in [-0.39, 0.29) is 11.5 Å². The summed E-state index contributed by atoms with van der Waals surface area (Å²) in [6, 6.07) is 6.39. The summed E-state index contributed by atoms with van der Waals surface area (Å²) in [4.78, 5) is 1.65. The van der Waals surface area contributed by atoms with Crippen LogP contribution in [0.4, 0.5) is 0 Å². The molecule has 2 aliphatic rings. The standard InChI is InChI=1S/C17H27N3O5S/c21-15(13-19-7-5-18-6-8-19)14-25-16-1-3-17(4-2-16)26(22,23)20-9-11-24-12-10-20/h1-4,15,18,21H,5-14H2/p+2/t15-/m1/s1. The molecule has 9 heteroatoms. The smallest absolute Gasteiger partial charge is 0.243 e. The number of rotatable bonds is 7. The first-order valence-corrected chi connectivity index (χ1v) is 10.6.